The van der Waals surface area contributed by atoms with Crippen molar-refractivity contribution in [2.24, 2.45) is 5.92 Å². The first-order chi connectivity index (χ1) is 12.3. The van der Waals surface area contributed by atoms with Gasteiger partial charge in [0.2, 0.25) is 5.75 Å². The van der Waals surface area contributed by atoms with Crippen LogP contribution in [0.15, 0.2) is 41.2 Å². The van der Waals surface area contributed by atoms with E-state index in [1.165, 1.54) is 6.07 Å². The number of aromatic nitrogens is 2. The molecule has 6 nitrogen and oxygen atoms in total. The number of phenols is 3. The number of hydrogen-bond donors (Lipinski definition) is 3. The van der Waals surface area contributed by atoms with E-state index in [1.807, 2.05) is 51.1 Å². The fourth-order valence-electron chi connectivity index (χ4n) is 3.12. The van der Waals surface area contributed by atoms with Crippen molar-refractivity contribution in [1.82, 2.24) is 9.55 Å². The fourth-order valence-corrected chi connectivity index (χ4v) is 3.12. The van der Waals surface area contributed by atoms with Crippen molar-refractivity contribution in [3.8, 4) is 17.2 Å². The third-order valence-electron chi connectivity index (χ3n) is 4.44. The molecule has 0 spiro atoms. The van der Waals surface area contributed by atoms with Gasteiger partial charge >= 0.3 is 0 Å². The Labute approximate surface area is 151 Å². The molecule has 0 aliphatic heterocycles. The molecular weight excluding hydrogens is 332 g/mol. The molecule has 0 fully saturated rings. The summed E-state index contributed by atoms with van der Waals surface area (Å²) in [5.41, 5.74) is 0.721. The number of fused-ring (bicyclic) bond motifs is 1. The summed E-state index contributed by atoms with van der Waals surface area (Å²) < 4.78 is 1.54. The Balaban J connectivity index is 2.34. The first kappa shape index (κ1) is 17.8. The van der Waals surface area contributed by atoms with Crippen LogP contribution < -0.4 is 5.56 Å². The van der Waals surface area contributed by atoms with Crippen LogP contribution in [-0.4, -0.2) is 24.9 Å². The lowest BCUT2D eigenvalue weighted by Gasteiger charge is -2.20. The van der Waals surface area contributed by atoms with Gasteiger partial charge < -0.3 is 15.3 Å². The van der Waals surface area contributed by atoms with E-state index < -0.39 is 22.8 Å². The summed E-state index contributed by atoms with van der Waals surface area (Å²) in [7, 11) is 0. The third-order valence-corrected chi connectivity index (χ3v) is 4.44. The molecule has 0 amide bonds. The molecule has 3 rings (SSSR count). The van der Waals surface area contributed by atoms with Crippen molar-refractivity contribution in [3.05, 3.63) is 58.1 Å². The number of nitrogens with zero attached hydrogens (tertiary/aromatic N) is 2. The zero-order valence-corrected chi connectivity index (χ0v) is 15.0. The molecular formula is C20H22N2O4. The molecule has 1 atom stereocenters. The highest BCUT2D eigenvalue weighted by atomic mass is 16.3. The fraction of sp³-hybridized carbons (Fsp3) is 0.300. The van der Waals surface area contributed by atoms with Crippen molar-refractivity contribution in [1.29, 1.82) is 0 Å². The van der Waals surface area contributed by atoms with Crippen LogP contribution in [0.3, 0.4) is 0 Å². The highest BCUT2D eigenvalue weighted by Gasteiger charge is 2.22. The van der Waals surface area contributed by atoms with Crippen LogP contribution in [0.2, 0.25) is 0 Å². The van der Waals surface area contributed by atoms with Gasteiger partial charge in [-0.2, -0.15) is 0 Å². The van der Waals surface area contributed by atoms with E-state index in [0.29, 0.717) is 12.4 Å². The summed E-state index contributed by atoms with van der Waals surface area (Å²) in [6.45, 7) is 6.36. The van der Waals surface area contributed by atoms with Crippen molar-refractivity contribution in [2.45, 2.75) is 33.2 Å². The average molecular weight is 354 g/mol. The average Bonchev–Trinajstić information content (AvgIpc) is 2.61. The van der Waals surface area contributed by atoms with Crippen LogP contribution in [0.4, 0.5) is 0 Å². The molecule has 136 valence electrons. The lowest BCUT2D eigenvalue weighted by molar-refractivity contribution is 0.370. The second-order valence-corrected chi connectivity index (χ2v) is 6.90. The lowest BCUT2D eigenvalue weighted by Crippen LogP contribution is -2.28. The third kappa shape index (κ3) is 2.98. The van der Waals surface area contributed by atoms with E-state index >= 15 is 0 Å². The first-order valence-corrected chi connectivity index (χ1v) is 8.54. The maximum Gasteiger partial charge on any atom is 0.265 e. The summed E-state index contributed by atoms with van der Waals surface area (Å²) in [6.07, 6.45) is 0. The van der Waals surface area contributed by atoms with Gasteiger partial charge in [0.1, 0.15) is 11.2 Å². The summed E-state index contributed by atoms with van der Waals surface area (Å²) >= 11 is 0. The molecule has 26 heavy (non-hydrogen) atoms. The van der Waals surface area contributed by atoms with E-state index in [4.69, 9.17) is 0 Å². The Bertz CT molecular complexity index is 1010. The minimum atomic E-state index is -0.712. The van der Waals surface area contributed by atoms with Gasteiger partial charge in [-0.05, 0) is 11.5 Å². The maximum atomic E-state index is 13.1. The molecule has 0 aliphatic carbocycles. The van der Waals surface area contributed by atoms with E-state index in [9.17, 15) is 20.1 Å². The van der Waals surface area contributed by atoms with Crippen LogP contribution in [0.5, 0.6) is 17.2 Å². The Morgan fingerprint density at radius 1 is 1.04 bits per heavy atom. The van der Waals surface area contributed by atoms with Crippen LogP contribution >= 0.6 is 0 Å². The topological polar surface area (TPSA) is 95.6 Å². The molecule has 1 aromatic heterocycles. The number of benzene rings is 2. The van der Waals surface area contributed by atoms with E-state index in [-0.39, 0.29) is 22.7 Å². The van der Waals surface area contributed by atoms with Gasteiger partial charge in [0.25, 0.3) is 5.56 Å². The van der Waals surface area contributed by atoms with Gasteiger partial charge in [0.05, 0.1) is 5.52 Å². The second kappa shape index (κ2) is 6.71. The van der Waals surface area contributed by atoms with E-state index in [2.05, 4.69) is 4.98 Å². The van der Waals surface area contributed by atoms with Gasteiger partial charge in [-0.15, -0.1) is 0 Å². The predicted molar refractivity (Wildman–Crippen MR) is 99.8 cm³/mol. The number of hydrogen-bond acceptors (Lipinski definition) is 5. The SMILES string of the molecule is CC(C)Cn1c(C(C)c2ccccc2)nc2cc(O)c(O)c(O)c2c1=O. The number of rotatable bonds is 4. The van der Waals surface area contributed by atoms with Crippen LogP contribution in [0.1, 0.15) is 38.1 Å². The Morgan fingerprint density at radius 3 is 2.31 bits per heavy atom. The zero-order chi connectivity index (χ0) is 19.0. The Morgan fingerprint density at radius 2 is 1.69 bits per heavy atom. The molecule has 1 unspecified atom stereocenters. The van der Waals surface area contributed by atoms with Crippen molar-refractivity contribution >= 4 is 10.9 Å². The van der Waals surface area contributed by atoms with Gasteiger partial charge in [0.15, 0.2) is 11.5 Å². The Kier molecular flexibility index (Phi) is 4.59. The van der Waals surface area contributed by atoms with Crippen LogP contribution in [-0.2, 0) is 6.54 Å². The quantitative estimate of drug-likeness (QED) is 0.625. The molecule has 1 heterocycles. The maximum absolute atomic E-state index is 13.1. The van der Waals surface area contributed by atoms with Gasteiger partial charge in [0, 0.05) is 18.5 Å². The van der Waals surface area contributed by atoms with Crippen molar-refractivity contribution in [2.75, 3.05) is 0 Å². The molecule has 0 saturated heterocycles. The minimum absolute atomic E-state index is 0.0926. The smallest absolute Gasteiger partial charge is 0.265 e. The molecule has 0 saturated carbocycles. The number of phenolic OH excluding ortho intramolecular Hbond substituents is 3. The zero-order valence-electron chi connectivity index (χ0n) is 15.0. The van der Waals surface area contributed by atoms with Gasteiger partial charge in [-0.25, -0.2) is 4.98 Å². The van der Waals surface area contributed by atoms with Crippen LogP contribution in [0, 0.1) is 5.92 Å². The first-order valence-electron chi connectivity index (χ1n) is 8.54. The normalized spacial score (nSPS) is 12.6. The Hall–Kier alpha value is -3.02. The van der Waals surface area contributed by atoms with Gasteiger partial charge in [-0.1, -0.05) is 51.1 Å². The monoisotopic (exact) mass is 354 g/mol. The van der Waals surface area contributed by atoms with Crippen molar-refractivity contribution < 1.29 is 15.3 Å². The standard InChI is InChI=1S/C20H22N2O4/c1-11(2)10-22-19(12(3)13-7-5-4-6-8-13)21-14-9-15(23)17(24)18(25)16(14)20(22)26/h4-9,11-12,23-25H,10H2,1-3H3. The summed E-state index contributed by atoms with van der Waals surface area (Å²) in [4.78, 5) is 17.6. The highest BCUT2D eigenvalue weighted by molar-refractivity contribution is 5.89. The molecule has 0 bridgehead atoms. The molecule has 3 N–H and O–H groups in total. The minimum Gasteiger partial charge on any atom is -0.504 e. The molecule has 3 aromatic rings. The largest absolute Gasteiger partial charge is 0.504 e. The lowest BCUT2D eigenvalue weighted by atomic mass is 9.99. The summed E-state index contributed by atoms with van der Waals surface area (Å²) in [6, 6.07) is 10.9. The molecule has 0 radical (unpaired) electrons. The summed E-state index contributed by atoms with van der Waals surface area (Å²) in [5.74, 6) is -1.30. The molecule has 2 aromatic carbocycles. The van der Waals surface area contributed by atoms with E-state index in [1.54, 1.807) is 4.57 Å². The molecule has 0 aliphatic rings. The second-order valence-electron chi connectivity index (χ2n) is 6.90. The van der Waals surface area contributed by atoms with Gasteiger partial charge in [-0.3, -0.25) is 9.36 Å². The highest BCUT2D eigenvalue weighted by Crippen LogP contribution is 2.39. The van der Waals surface area contributed by atoms with Crippen molar-refractivity contribution in [3.63, 3.8) is 0 Å². The number of aromatic hydroxyl groups is 3. The summed E-state index contributed by atoms with van der Waals surface area (Å²) in [5, 5.41) is 29.6. The molecule has 6 heteroatoms. The van der Waals surface area contributed by atoms with E-state index in [0.717, 1.165) is 5.56 Å². The predicted octanol–water partition coefficient (Wildman–Crippen LogP) is 3.32. The van der Waals surface area contributed by atoms with Crippen LogP contribution in [0.25, 0.3) is 10.9 Å².